The number of carbonyl (C=O) groups is 2. The van der Waals surface area contributed by atoms with Crippen molar-refractivity contribution in [2.24, 2.45) is 0 Å². The number of halogens is 1. The minimum absolute atomic E-state index is 0.0189. The molecule has 6 heteroatoms. The van der Waals surface area contributed by atoms with Crippen molar-refractivity contribution < 1.29 is 14.0 Å². The Morgan fingerprint density at radius 1 is 0.750 bits per heavy atom. The molecule has 0 radical (unpaired) electrons. The zero-order chi connectivity index (χ0) is 19.5. The number of amides is 2. The van der Waals surface area contributed by atoms with Gasteiger partial charge in [0.15, 0.2) is 0 Å². The van der Waals surface area contributed by atoms with Gasteiger partial charge in [0.05, 0.1) is 10.6 Å². The fourth-order valence-electron chi connectivity index (χ4n) is 2.87. The van der Waals surface area contributed by atoms with E-state index in [0.29, 0.717) is 32.9 Å². The fourth-order valence-corrected chi connectivity index (χ4v) is 3.09. The zero-order valence-corrected chi connectivity index (χ0v) is 15.4. The Bertz CT molecular complexity index is 1170. The third kappa shape index (κ3) is 3.48. The molecule has 28 heavy (non-hydrogen) atoms. The van der Waals surface area contributed by atoms with Gasteiger partial charge in [-0.1, -0.05) is 54.1 Å². The lowest BCUT2D eigenvalue weighted by Gasteiger charge is -2.08. The third-order valence-corrected chi connectivity index (χ3v) is 4.52. The molecule has 0 aliphatic heterocycles. The first-order chi connectivity index (χ1) is 13.6. The second-order valence-electron chi connectivity index (χ2n) is 6.06. The molecule has 0 aliphatic rings. The second kappa shape index (κ2) is 7.58. The van der Waals surface area contributed by atoms with Gasteiger partial charge in [-0.05, 0) is 36.4 Å². The maximum absolute atomic E-state index is 12.8. The highest BCUT2D eigenvalue weighted by Gasteiger charge is 2.23. The highest BCUT2D eigenvalue weighted by Crippen LogP contribution is 2.32. The molecule has 0 saturated carbocycles. The van der Waals surface area contributed by atoms with Gasteiger partial charge in [-0.3, -0.25) is 9.59 Å². The predicted molar refractivity (Wildman–Crippen MR) is 110 cm³/mol. The van der Waals surface area contributed by atoms with Crippen molar-refractivity contribution in [3.05, 3.63) is 95.2 Å². The van der Waals surface area contributed by atoms with E-state index in [1.807, 2.05) is 24.3 Å². The largest absolute Gasteiger partial charge is 0.449 e. The highest BCUT2D eigenvalue weighted by molar-refractivity contribution is 6.34. The highest BCUT2D eigenvalue weighted by atomic mass is 35.5. The maximum Gasteiger partial charge on any atom is 0.293 e. The van der Waals surface area contributed by atoms with Crippen LogP contribution in [0.15, 0.2) is 83.3 Å². The van der Waals surface area contributed by atoms with Crippen LogP contribution in [-0.4, -0.2) is 11.8 Å². The van der Waals surface area contributed by atoms with E-state index in [4.69, 9.17) is 16.0 Å². The van der Waals surface area contributed by atoms with Crippen LogP contribution in [0.25, 0.3) is 11.0 Å². The van der Waals surface area contributed by atoms with Crippen LogP contribution in [0.3, 0.4) is 0 Å². The van der Waals surface area contributed by atoms with Gasteiger partial charge >= 0.3 is 0 Å². The van der Waals surface area contributed by atoms with Crippen molar-refractivity contribution >= 4 is 45.8 Å². The summed E-state index contributed by atoms with van der Waals surface area (Å²) in [6, 6.07) is 22.8. The molecule has 138 valence electrons. The Hall–Kier alpha value is -3.57. The summed E-state index contributed by atoms with van der Waals surface area (Å²) < 4.78 is 5.74. The normalized spacial score (nSPS) is 10.6. The molecule has 5 nitrogen and oxygen atoms in total. The molecule has 0 spiro atoms. The molecule has 4 rings (SSSR count). The van der Waals surface area contributed by atoms with Crippen molar-refractivity contribution in [2.45, 2.75) is 0 Å². The van der Waals surface area contributed by atoms with Gasteiger partial charge in [-0.25, -0.2) is 0 Å². The SMILES string of the molecule is O=C(Nc1c(C(=O)Nc2ccccc2)oc2ccccc12)c1ccccc1Cl. The van der Waals surface area contributed by atoms with Crippen LogP contribution in [0, 0.1) is 0 Å². The molecular formula is C22H15ClN2O3. The number of fused-ring (bicyclic) bond motifs is 1. The number of rotatable bonds is 4. The van der Waals surface area contributed by atoms with Crippen LogP contribution in [0.1, 0.15) is 20.9 Å². The molecule has 1 heterocycles. The summed E-state index contributed by atoms with van der Waals surface area (Å²) in [6.07, 6.45) is 0. The fraction of sp³-hybridized carbons (Fsp3) is 0. The molecular weight excluding hydrogens is 376 g/mol. The topological polar surface area (TPSA) is 71.3 Å². The van der Waals surface area contributed by atoms with Gasteiger partial charge in [0.25, 0.3) is 11.8 Å². The summed E-state index contributed by atoms with van der Waals surface area (Å²) in [5.41, 5.74) is 1.73. The van der Waals surface area contributed by atoms with E-state index in [2.05, 4.69) is 10.6 Å². The summed E-state index contributed by atoms with van der Waals surface area (Å²) >= 11 is 6.12. The lowest BCUT2D eigenvalue weighted by molar-refractivity contribution is 0.0999. The average molecular weight is 391 g/mol. The summed E-state index contributed by atoms with van der Waals surface area (Å²) in [6.45, 7) is 0. The third-order valence-electron chi connectivity index (χ3n) is 4.19. The van der Waals surface area contributed by atoms with Crippen LogP contribution in [-0.2, 0) is 0 Å². The molecule has 2 N–H and O–H groups in total. The molecule has 1 aromatic heterocycles. The number of nitrogens with one attached hydrogen (secondary N) is 2. The molecule has 4 aromatic rings. The predicted octanol–water partition coefficient (Wildman–Crippen LogP) is 5.59. The molecule has 0 fully saturated rings. The molecule has 0 aliphatic carbocycles. The van der Waals surface area contributed by atoms with Crippen molar-refractivity contribution in [1.82, 2.24) is 0 Å². The molecule has 3 aromatic carbocycles. The Morgan fingerprint density at radius 3 is 2.21 bits per heavy atom. The Morgan fingerprint density at radius 2 is 1.43 bits per heavy atom. The van der Waals surface area contributed by atoms with Crippen LogP contribution in [0.2, 0.25) is 5.02 Å². The lowest BCUT2D eigenvalue weighted by atomic mass is 10.1. The van der Waals surface area contributed by atoms with Crippen LogP contribution < -0.4 is 10.6 Å². The van der Waals surface area contributed by atoms with Crippen molar-refractivity contribution in [3.8, 4) is 0 Å². The first-order valence-electron chi connectivity index (χ1n) is 8.57. The van der Waals surface area contributed by atoms with Crippen molar-refractivity contribution in [1.29, 1.82) is 0 Å². The van der Waals surface area contributed by atoms with Crippen molar-refractivity contribution in [2.75, 3.05) is 10.6 Å². The number of furan rings is 1. The van der Waals surface area contributed by atoms with Crippen LogP contribution in [0.4, 0.5) is 11.4 Å². The van der Waals surface area contributed by atoms with E-state index >= 15 is 0 Å². The standard InChI is InChI=1S/C22H15ClN2O3/c23-17-12-6-4-10-15(17)21(26)25-19-16-11-5-7-13-18(16)28-20(19)22(27)24-14-8-2-1-3-9-14/h1-13H,(H,24,27)(H,25,26). The van der Waals surface area contributed by atoms with Gasteiger partial charge in [-0.2, -0.15) is 0 Å². The Kier molecular flexibility index (Phi) is 4.83. The summed E-state index contributed by atoms with van der Waals surface area (Å²) in [7, 11) is 0. The summed E-state index contributed by atoms with van der Waals surface area (Å²) in [4.78, 5) is 25.5. The Balaban J connectivity index is 1.72. The smallest absolute Gasteiger partial charge is 0.293 e. The summed E-state index contributed by atoms with van der Waals surface area (Å²) in [5.74, 6) is -0.867. The van der Waals surface area contributed by atoms with E-state index in [1.165, 1.54) is 0 Å². The first-order valence-corrected chi connectivity index (χ1v) is 8.95. The average Bonchev–Trinajstić information content (AvgIpc) is 3.08. The molecule has 0 unspecified atom stereocenters. The minimum Gasteiger partial charge on any atom is -0.449 e. The first kappa shape index (κ1) is 17.8. The van der Waals surface area contributed by atoms with E-state index in [0.717, 1.165) is 0 Å². The van der Waals surface area contributed by atoms with E-state index in [-0.39, 0.29) is 5.76 Å². The van der Waals surface area contributed by atoms with Gasteiger partial charge in [0.1, 0.15) is 11.3 Å². The number of hydrogen-bond acceptors (Lipinski definition) is 3. The molecule has 0 bridgehead atoms. The number of anilines is 2. The lowest BCUT2D eigenvalue weighted by Crippen LogP contribution is -2.17. The van der Waals surface area contributed by atoms with E-state index < -0.39 is 11.8 Å². The summed E-state index contributed by atoms with van der Waals surface area (Å²) in [5, 5.41) is 6.50. The van der Waals surface area contributed by atoms with Gasteiger partial charge in [0.2, 0.25) is 5.76 Å². The van der Waals surface area contributed by atoms with Crippen molar-refractivity contribution in [3.63, 3.8) is 0 Å². The van der Waals surface area contributed by atoms with E-state index in [1.54, 1.807) is 54.6 Å². The number of benzene rings is 3. The van der Waals surface area contributed by atoms with Gasteiger partial charge in [0, 0.05) is 11.1 Å². The molecule has 0 atom stereocenters. The maximum atomic E-state index is 12.8. The second-order valence-corrected chi connectivity index (χ2v) is 6.46. The van der Waals surface area contributed by atoms with Gasteiger partial charge < -0.3 is 15.1 Å². The number of para-hydroxylation sites is 2. The number of carbonyl (C=O) groups excluding carboxylic acids is 2. The molecule has 2 amide bonds. The monoisotopic (exact) mass is 390 g/mol. The van der Waals surface area contributed by atoms with E-state index in [9.17, 15) is 9.59 Å². The van der Waals surface area contributed by atoms with Crippen LogP contribution >= 0.6 is 11.6 Å². The minimum atomic E-state index is -0.461. The zero-order valence-electron chi connectivity index (χ0n) is 14.6. The van der Waals surface area contributed by atoms with Crippen LogP contribution in [0.5, 0.6) is 0 Å². The molecule has 0 saturated heterocycles. The quantitative estimate of drug-likeness (QED) is 0.477. The number of hydrogen-bond donors (Lipinski definition) is 2. The van der Waals surface area contributed by atoms with Gasteiger partial charge in [-0.15, -0.1) is 0 Å². The Labute approximate surface area is 165 Å².